The van der Waals surface area contributed by atoms with Crippen LogP contribution in [0.1, 0.15) is 23.8 Å². The van der Waals surface area contributed by atoms with Gasteiger partial charge in [0.05, 0.1) is 16.9 Å². The van der Waals surface area contributed by atoms with E-state index < -0.39 is 16.1 Å². The van der Waals surface area contributed by atoms with Gasteiger partial charge in [0.2, 0.25) is 0 Å². The van der Waals surface area contributed by atoms with Crippen molar-refractivity contribution in [3.05, 3.63) is 84.3 Å². The van der Waals surface area contributed by atoms with Crippen LogP contribution in [0.2, 0.25) is 0 Å². The highest BCUT2D eigenvalue weighted by Gasteiger charge is 2.39. The Labute approximate surface area is 151 Å². The van der Waals surface area contributed by atoms with Crippen molar-refractivity contribution in [2.24, 2.45) is 5.10 Å². The molecule has 1 aliphatic rings. The van der Waals surface area contributed by atoms with Crippen LogP contribution in [0.3, 0.4) is 0 Å². The summed E-state index contributed by atoms with van der Waals surface area (Å²) in [5.41, 5.74) is 1.37. The lowest BCUT2D eigenvalue weighted by molar-refractivity contribution is 0.320. The summed E-state index contributed by atoms with van der Waals surface area (Å²) in [4.78, 5) is 0.173. The van der Waals surface area contributed by atoms with E-state index in [0.29, 0.717) is 17.9 Å². The van der Waals surface area contributed by atoms with Gasteiger partial charge in [-0.3, -0.25) is 0 Å². The number of furan rings is 1. The molecule has 132 valence electrons. The molecule has 3 aromatic rings. The Kier molecular flexibility index (Phi) is 4.00. The molecule has 0 amide bonds. The lowest BCUT2D eigenvalue weighted by atomic mass is 10.0. The standard InChI is InChI=1S/C19H16N2O4S/c22-15-10-8-14(9-11-15)17-13-18(19-7-4-12-25-19)21(20-17)26(23,24)16-5-2-1-3-6-16/h1-12,18,22H,13H2/t18-/m1/s1. The molecule has 0 bridgehead atoms. The number of benzene rings is 2. The van der Waals surface area contributed by atoms with Crippen LogP contribution < -0.4 is 0 Å². The third-order valence-electron chi connectivity index (χ3n) is 4.23. The Balaban J connectivity index is 1.78. The van der Waals surface area contributed by atoms with Gasteiger partial charge in [0, 0.05) is 6.42 Å². The zero-order chi connectivity index (χ0) is 18.1. The van der Waals surface area contributed by atoms with Crippen LogP contribution in [-0.2, 0) is 10.0 Å². The summed E-state index contributed by atoms with van der Waals surface area (Å²) in [6, 6.07) is 17.6. The number of sulfonamides is 1. The van der Waals surface area contributed by atoms with Crippen LogP contribution in [0.15, 0.2) is 87.4 Å². The largest absolute Gasteiger partial charge is 0.508 e. The Morgan fingerprint density at radius 3 is 2.38 bits per heavy atom. The monoisotopic (exact) mass is 368 g/mol. The average Bonchev–Trinajstić information content (AvgIpc) is 3.33. The number of rotatable bonds is 4. The molecule has 6 nitrogen and oxygen atoms in total. The summed E-state index contributed by atoms with van der Waals surface area (Å²) in [6.45, 7) is 0. The Morgan fingerprint density at radius 1 is 1.00 bits per heavy atom. The quantitative estimate of drug-likeness (QED) is 0.764. The smallest absolute Gasteiger partial charge is 0.279 e. The van der Waals surface area contributed by atoms with E-state index in [1.807, 2.05) is 0 Å². The van der Waals surface area contributed by atoms with Crippen LogP contribution in [0.5, 0.6) is 5.75 Å². The van der Waals surface area contributed by atoms with E-state index in [4.69, 9.17) is 4.42 Å². The van der Waals surface area contributed by atoms with E-state index in [1.165, 1.54) is 6.26 Å². The first-order chi connectivity index (χ1) is 12.6. The van der Waals surface area contributed by atoms with Crippen molar-refractivity contribution in [3.63, 3.8) is 0 Å². The van der Waals surface area contributed by atoms with Gasteiger partial charge in [0.25, 0.3) is 10.0 Å². The maximum atomic E-state index is 13.1. The summed E-state index contributed by atoms with van der Waals surface area (Å²) >= 11 is 0. The highest BCUT2D eigenvalue weighted by Crippen LogP contribution is 2.37. The number of aromatic hydroxyl groups is 1. The molecular weight excluding hydrogens is 352 g/mol. The maximum absolute atomic E-state index is 13.1. The van der Waals surface area contributed by atoms with Crippen molar-refractivity contribution < 1.29 is 17.9 Å². The average molecular weight is 368 g/mol. The number of phenolic OH excluding ortho intramolecular Hbond substituents is 1. The molecule has 0 aliphatic carbocycles. The van der Waals surface area contributed by atoms with E-state index in [2.05, 4.69) is 5.10 Å². The van der Waals surface area contributed by atoms with Gasteiger partial charge in [-0.25, -0.2) is 0 Å². The second-order valence-electron chi connectivity index (χ2n) is 5.92. The van der Waals surface area contributed by atoms with Gasteiger partial charge < -0.3 is 9.52 Å². The highest BCUT2D eigenvalue weighted by atomic mass is 32.2. The second kappa shape index (κ2) is 6.34. The molecule has 2 aromatic carbocycles. The molecule has 0 radical (unpaired) electrons. The van der Waals surface area contributed by atoms with E-state index in [9.17, 15) is 13.5 Å². The number of hydrazone groups is 1. The molecule has 1 aromatic heterocycles. The van der Waals surface area contributed by atoms with Gasteiger partial charge >= 0.3 is 0 Å². The summed E-state index contributed by atoms with van der Waals surface area (Å²) in [5, 5.41) is 13.9. The third kappa shape index (κ3) is 2.86. The topological polar surface area (TPSA) is 83.1 Å². The molecule has 7 heteroatoms. The molecule has 0 fully saturated rings. The van der Waals surface area contributed by atoms with Crippen molar-refractivity contribution in [1.29, 1.82) is 0 Å². The number of hydrogen-bond donors (Lipinski definition) is 1. The van der Waals surface area contributed by atoms with Gasteiger partial charge in [0.15, 0.2) is 0 Å². The summed E-state index contributed by atoms with van der Waals surface area (Å²) < 4.78 is 32.8. The van der Waals surface area contributed by atoms with E-state index in [0.717, 1.165) is 9.98 Å². The fourth-order valence-electron chi connectivity index (χ4n) is 2.93. The highest BCUT2D eigenvalue weighted by molar-refractivity contribution is 7.89. The Hall–Kier alpha value is -3.06. The van der Waals surface area contributed by atoms with Gasteiger partial charge in [-0.1, -0.05) is 18.2 Å². The lowest BCUT2D eigenvalue weighted by Crippen LogP contribution is -2.27. The number of nitrogens with zero attached hydrogens (tertiary/aromatic N) is 2. The Bertz CT molecular complexity index is 1030. The molecule has 1 N–H and O–H groups in total. The zero-order valence-electron chi connectivity index (χ0n) is 13.7. The normalized spacial score (nSPS) is 17.3. The van der Waals surface area contributed by atoms with E-state index in [1.54, 1.807) is 66.7 Å². The second-order valence-corrected chi connectivity index (χ2v) is 7.72. The van der Waals surface area contributed by atoms with Crippen LogP contribution >= 0.6 is 0 Å². The molecule has 0 saturated heterocycles. The minimum Gasteiger partial charge on any atom is -0.508 e. The van der Waals surface area contributed by atoms with Gasteiger partial charge in [-0.2, -0.15) is 17.9 Å². The summed E-state index contributed by atoms with van der Waals surface area (Å²) in [7, 11) is -3.83. The van der Waals surface area contributed by atoms with Crippen LogP contribution in [0, 0.1) is 0 Å². The first-order valence-corrected chi connectivity index (χ1v) is 9.49. The zero-order valence-corrected chi connectivity index (χ0v) is 14.5. The van der Waals surface area contributed by atoms with Crippen LogP contribution in [0.4, 0.5) is 0 Å². The molecular formula is C19H16N2O4S. The van der Waals surface area contributed by atoms with Crippen molar-refractivity contribution in [3.8, 4) is 5.75 Å². The van der Waals surface area contributed by atoms with Crippen LogP contribution in [0.25, 0.3) is 0 Å². The predicted octanol–water partition coefficient (Wildman–Crippen LogP) is 3.53. The fraction of sp³-hybridized carbons (Fsp3) is 0.105. The number of hydrogen-bond acceptors (Lipinski definition) is 5. The molecule has 4 rings (SSSR count). The first kappa shape index (κ1) is 16.4. The maximum Gasteiger partial charge on any atom is 0.279 e. The van der Waals surface area contributed by atoms with E-state index in [-0.39, 0.29) is 10.6 Å². The summed E-state index contributed by atoms with van der Waals surface area (Å²) in [5.74, 6) is 0.672. The number of phenols is 1. The van der Waals surface area contributed by atoms with Crippen molar-refractivity contribution in [2.45, 2.75) is 17.4 Å². The molecule has 0 unspecified atom stereocenters. The Morgan fingerprint density at radius 2 is 1.73 bits per heavy atom. The molecule has 2 heterocycles. The first-order valence-electron chi connectivity index (χ1n) is 8.05. The van der Waals surface area contributed by atoms with Crippen LogP contribution in [-0.4, -0.2) is 23.7 Å². The minimum atomic E-state index is -3.83. The third-order valence-corrected chi connectivity index (χ3v) is 5.93. The summed E-state index contributed by atoms with van der Waals surface area (Å²) in [6.07, 6.45) is 1.89. The van der Waals surface area contributed by atoms with Gasteiger partial charge in [0.1, 0.15) is 17.6 Å². The fourth-order valence-corrected chi connectivity index (χ4v) is 4.37. The molecule has 1 atom stereocenters. The molecule has 1 aliphatic heterocycles. The van der Waals surface area contributed by atoms with Gasteiger partial charge in [-0.15, -0.1) is 0 Å². The van der Waals surface area contributed by atoms with Crippen molar-refractivity contribution in [1.82, 2.24) is 4.41 Å². The van der Waals surface area contributed by atoms with Crippen molar-refractivity contribution >= 4 is 15.7 Å². The van der Waals surface area contributed by atoms with E-state index >= 15 is 0 Å². The molecule has 26 heavy (non-hydrogen) atoms. The van der Waals surface area contributed by atoms with Gasteiger partial charge in [-0.05, 0) is 54.1 Å². The molecule has 0 spiro atoms. The SMILES string of the molecule is O=S(=O)(c1ccccc1)N1N=C(c2ccc(O)cc2)C[C@@H]1c1ccco1. The minimum absolute atomic E-state index is 0.142. The molecule has 0 saturated carbocycles. The lowest BCUT2D eigenvalue weighted by Gasteiger charge is -2.21. The predicted molar refractivity (Wildman–Crippen MR) is 96.2 cm³/mol. The van der Waals surface area contributed by atoms with Crippen molar-refractivity contribution in [2.75, 3.05) is 0 Å².